The molecule has 2 heterocycles. The van der Waals surface area contributed by atoms with Crippen molar-refractivity contribution >= 4 is 29.0 Å². The van der Waals surface area contributed by atoms with Crippen molar-refractivity contribution in [1.29, 1.82) is 0 Å². The fourth-order valence-corrected chi connectivity index (χ4v) is 3.67. The molecule has 1 atom stereocenters. The maximum absolute atomic E-state index is 13.1. The fraction of sp³-hybridized carbons (Fsp3) is 0.227. The Morgan fingerprint density at radius 3 is 2.66 bits per heavy atom. The van der Waals surface area contributed by atoms with E-state index in [1.54, 1.807) is 24.3 Å². The minimum atomic E-state index is -0.284. The summed E-state index contributed by atoms with van der Waals surface area (Å²) in [4.78, 5) is 14.8. The Kier molecular flexibility index (Phi) is 5.71. The van der Waals surface area contributed by atoms with Gasteiger partial charge in [-0.1, -0.05) is 17.7 Å². The zero-order valence-electron chi connectivity index (χ0n) is 15.7. The molecule has 1 fully saturated rings. The summed E-state index contributed by atoms with van der Waals surface area (Å²) in [6, 6.07) is 17.1. The smallest absolute Gasteiger partial charge is 0.229 e. The number of benzene rings is 2. The number of piperidine rings is 1. The first-order valence-electron chi connectivity index (χ1n) is 9.49. The van der Waals surface area contributed by atoms with E-state index in [0.717, 1.165) is 30.8 Å². The molecule has 3 aromatic rings. The van der Waals surface area contributed by atoms with Gasteiger partial charge in [0, 0.05) is 29.4 Å². The second-order valence-electron chi connectivity index (χ2n) is 7.07. The number of hydrogen-bond acceptors (Lipinski definition) is 4. The standard InChI is InChI=1S/C22H20ClFN4O/c23-17-4-1-5-19(13-17)25-22(29)16-3-2-12-28(14-16)21-11-10-20(26-27-21)15-6-8-18(24)9-7-15/h1,4-11,13,16H,2-3,12,14H2,(H,25,29). The number of amides is 1. The van der Waals surface area contributed by atoms with E-state index in [2.05, 4.69) is 20.4 Å². The maximum atomic E-state index is 13.1. The van der Waals surface area contributed by atoms with Crippen LogP contribution in [0.1, 0.15) is 12.8 Å². The van der Waals surface area contributed by atoms with Gasteiger partial charge in [0.05, 0.1) is 11.6 Å². The molecule has 29 heavy (non-hydrogen) atoms. The minimum absolute atomic E-state index is 0.0205. The van der Waals surface area contributed by atoms with Crippen LogP contribution in [0.15, 0.2) is 60.7 Å². The van der Waals surface area contributed by atoms with Gasteiger partial charge in [0.2, 0.25) is 5.91 Å². The van der Waals surface area contributed by atoms with Crippen LogP contribution in [0.2, 0.25) is 5.02 Å². The van der Waals surface area contributed by atoms with Crippen molar-refractivity contribution in [2.75, 3.05) is 23.3 Å². The van der Waals surface area contributed by atoms with Crippen molar-refractivity contribution in [1.82, 2.24) is 10.2 Å². The minimum Gasteiger partial charge on any atom is -0.354 e. The molecule has 4 rings (SSSR count). The van der Waals surface area contributed by atoms with Crippen molar-refractivity contribution in [3.8, 4) is 11.3 Å². The molecule has 1 N–H and O–H groups in total. The van der Waals surface area contributed by atoms with Gasteiger partial charge in [0.1, 0.15) is 5.82 Å². The molecule has 1 amide bonds. The van der Waals surface area contributed by atoms with Crippen molar-refractivity contribution in [2.24, 2.45) is 5.92 Å². The van der Waals surface area contributed by atoms with Crippen LogP contribution in [0.3, 0.4) is 0 Å². The van der Waals surface area contributed by atoms with Crippen LogP contribution in [-0.4, -0.2) is 29.2 Å². The lowest BCUT2D eigenvalue weighted by Gasteiger charge is -2.32. The summed E-state index contributed by atoms with van der Waals surface area (Å²) >= 11 is 5.99. The van der Waals surface area contributed by atoms with Crippen LogP contribution in [0.5, 0.6) is 0 Å². The molecule has 1 unspecified atom stereocenters. The Balaban J connectivity index is 1.42. The van der Waals surface area contributed by atoms with E-state index >= 15 is 0 Å². The average Bonchev–Trinajstić information content (AvgIpc) is 2.74. The summed E-state index contributed by atoms with van der Waals surface area (Å²) in [6.45, 7) is 1.41. The van der Waals surface area contributed by atoms with Gasteiger partial charge in [-0.2, -0.15) is 0 Å². The van der Waals surface area contributed by atoms with Gasteiger partial charge in [0.15, 0.2) is 5.82 Å². The topological polar surface area (TPSA) is 58.1 Å². The molecule has 0 saturated carbocycles. The van der Waals surface area contributed by atoms with Crippen molar-refractivity contribution < 1.29 is 9.18 Å². The summed E-state index contributed by atoms with van der Waals surface area (Å²) in [5.41, 5.74) is 2.19. The van der Waals surface area contributed by atoms with Gasteiger partial charge in [-0.3, -0.25) is 4.79 Å². The number of aromatic nitrogens is 2. The van der Waals surface area contributed by atoms with Crippen LogP contribution in [-0.2, 0) is 4.79 Å². The third-order valence-corrected chi connectivity index (χ3v) is 5.23. The highest BCUT2D eigenvalue weighted by Crippen LogP contribution is 2.25. The van der Waals surface area contributed by atoms with Gasteiger partial charge >= 0.3 is 0 Å². The summed E-state index contributed by atoms with van der Waals surface area (Å²) in [5, 5.41) is 12.1. The van der Waals surface area contributed by atoms with Crippen molar-refractivity contribution in [3.05, 3.63) is 71.5 Å². The average molecular weight is 411 g/mol. The number of anilines is 2. The van der Waals surface area contributed by atoms with Crippen molar-refractivity contribution in [3.63, 3.8) is 0 Å². The summed E-state index contributed by atoms with van der Waals surface area (Å²) in [7, 11) is 0. The Morgan fingerprint density at radius 2 is 1.93 bits per heavy atom. The molecule has 0 radical (unpaired) electrons. The number of carbonyl (C=O) groups is 1. The van der Waals surface area contributed by atoms with E-state index in [-0.39, 0.29) is 17.6 Å². The molecule has 0 bridgehead atoms. The second-order valence-corrected chi connectivity index (χ2v) is 7.50. The normalized spacial score (nSPS) is 16.5. The van der Waals surface area contributed by atoms with Crippen LogP contribution in [0, 0.1) is 11.7 Å². The number of nitrogens with one attached hydrogen (secondary N) is 1. The Morgan fingerprint density at radius 1 is 1.10 bits per heavy atom. The van der Waals surface area contributed by atoms with Gasteiger partial charge in [-0.05, 0) is 67.4 Å². The molecule has 5 nitrogen and oxygen atoms in total. The van der Waals surface area contributed by atoms with Crippen LogP contribution in [0.25, 0.3) is 11.3 Å². The molecule has 7 heteroatoms. The molecule has 1 saturated heterocycles. The van der Waals surface area contributed by atoms with E-state index < -0.39 is 0 Å². The third kappa shape index (κ3) is 4.71. The lowest BCUT2D eigenvalue weighted by atomic mass is 9.97. The Hall–Kier alpha value is -2.99. The highest BCUT2D eigenvalue weighted by Gasteiger charge is 2.27. The van der Waals surface area contributed by atoms with Crippen LogP contribution in [0.4, 0.5) is 15.9 Å². The highest BCUT2D eigenvalue weighted by atomic mass is 35.5. The molecule has 148 valence electrons. The first-order chi connectivity index (χ1) is 14.1. The largest absolute Gasteiger partial charge is 0.354 e. The highest BCUT2D eigenvalue weighted by molar-refractivity contribution is 6.30. The number of rotatable bonds is 4. The van der Waals surface area contributed by atoms with Gasteiger partial charge < -0.3 is 10.2 Å². The summed E-state index contributed by atoms with van der Waals surface area (Å²) in [5.74, 6) is 0.291. The van der Waals surface area contributed by atoms with Gasteiger partial charge in [-0.25, -0.2) is 4.39 Å². The summed E-state index contributed by atoms with van der Waals surface area (Å²) < 4.78 is 13.1. The maximum Gasteiger partial charge on any atom is 0.229 e. The van der Waals surface area contributed by atoms with Crippen LogP contribution >= 0.6 is 11.6 Å². The number of carbonyl (C=O) groups excluding carboxylic acids is 1. The number of halogens is 2. The lowest BCUT2D eigenvalue weighted by molar-refractivity contribution is -0.120. The summed E-state index contributed by atoms with van der Waals surface area (Å²) in [6.07, 6.45) is 1.72. The molecular formula is C22H20ClFN4O. The number of nitrogens with zero attached hydrogens (tertiary/aromatic N) is 3. The molecule has 1 aliphatic heterocycles. The third-order valence-electron chi connectivity index (χ3n) is 5.00. The molecule has 0 aliphatic carbocycles. The molecule has 2 aromatic carbocycles. The monoisotopic (exact) mass is 410 g/mol. The molecule has 0 spiro atoms. The van der Waals surface area contributed by atoms with Gasteiger partial charge in [-0.15, -0.1) is 10.2 Å². The van der Waals surface area contributed by atoms with Crippen LogP contribution < -0.4 is 10.2 Å². The van der Waals surface area contributed by atoms with E-state index in [1.807, 2.05) is 24.3 Å². The first kappa shape index (κ1) is 19.3. The molecule has 1 aromatic heterocycles. The number of hydrogen-bond donors (Lipinski definition) is 1. The first-order valence-corrected chi connectivity index (χ1v) is 9.87. The van der Waals surface area contributed by atoms with Crippen molar-refractivity contribution in [2.45, 2.75) is 12.8 Å². The molecular weight excluding hydrogens is 391 g/mol. The lowest BCUT2D eigenvalue weighted by Crippen LogP contribution is -2.41. The second kappa shape index (κ2) is 8.57. The zero-order valence-corrected chi connectivity index (χ0v) is 16.4. The zero-order chi connectivity index (χ0) is 20.2. The predicted octanol–water partition coefficient (Wildman–Crippen LogP) is 4.79. The Labute approximate surface area is 173 Å². The molecule has 1 aliphatic rings. The predicted molar refractivity (Wildman–Crippen MR) is 112 cm³/mol. The van der Waals surface area contributed by atoms with E-state index in [1.165, 1.54) is 12.1 Å². The van der Waals surface area contributed by atoms with E-state index in [9.17, 15) is 9.18 Å². The quantitative estimate of drug-likeness (QED) is 0.671. The van der Waals surface area contributed by atoms with E-state index in [4.69, 9.17) is 11.6 Å². The van der Waals surface area contributed by atoms with E-state index in [0.29, 0.717) is 22.9 Å². The Bertz CT molecular complexity index is 994. The van der Waals surface area contributed by atoms with Gasteiger partial charge in [0.25, 0.3) is 0 Å². The fourth-order valence-electron chi connectivity index (χ4n) is 3.48. The SMILES string of the molecule is O=C(Nc1cccc(Cl)c1)C1CCCN(c2ccc(-c3ccc(F)cc3)nn2)C1.